The SMILES string of the molecule is Cc1cc(-c2cc(S(=O)(=O)c3ccccc3)ccc2OCC2CC2)c(C(=O)O)cc1C(=O)O. The predicted octanol–water partition coefficient (Wildman–Crippen LogP) is 4.68. The molecule has 4 rings (SSSR count). The Balaban J connectivity index is 1.92. The zero-order valence-corrected chi connectivity index (χ0v) is 18.6. The number of carbonyl (C=O) groups is 2. The van der Waals surface area contributed by atoms with Crippen LogP contribution in [0.1, 0.15) is 39.1 Å². The lowest BCUT2D eigenvalue weighted by Crippen LogP contribution is -2.09. The van der Waals surface area contributed by atoms with Gasteiger partial charge < -0.3 is 14.9 Å². The molecule has 7 nitrogen and oxygen atoms in total. The summed E-state index contributed by atoms with van der Waals surface area (Å²) >= 11 is 0. The molecule has 1 aliphatic rings. The fraction of sp³-hybridized carbons (Fsp3) is 0.200. The van der Waals surface area contributed by atoms with Crippen LogP contribution in [0, 0.1) is 12.8 Å². The smallest absolute Gasteiger partial charge is 0.336 e. The summed E-state index contributed by atoms with van der Waals surface area (Å²) < 4.78 is 32.3. The highest BCUT2D eigenvalue weighted by atomic mass is 32.2. The Morgan fingerprint density at radius 1 is 0.879 bits per heavy atom. The topological polar surface area (TPSA) is 118 Å². The molecular weight excluding hydrogens is 444 g/mol. The summed E-state index contributed by atoms with van der Waals surface area (Å²) in [5.41, 5.74) is 0.450. The van der Waals surface area contributed by atoms with E-state index >= 15 is 0 Å². The number of aromatic carboxylic acids is 2. The third-order valence-corrected chi connectivity index (χ3v) is 7.37. The minimum atomic E-state index is -3.87. The first-order valence-electron chi connectivity index (χ1n) is 10.4. The van der Waals surface area contributed by atoms with E-state index in [0.29, 0.717) is 23.8 Å². The molecular formula is C25H22O7S. The third-order valence-electron chi connectivity index (χ3n) is 5.60. The molecule has 3 aromatic rings. The quantitative estimate of drug-likeness (QED) is 0.495. The van der Waals surface area contributed by atoms with Gasteiger partial charge >= 0.3 is 11.9 Å². The van der Waals surface area contributed by atoms with E-state index in [2.05, 4.69) is 0 Å². The summed E-state index contributed by atoms with van der Waals surface area (Å²) in [4.78, 5) is 23.7. The molecule has 33 heavy (non-hydrogen) atoms. The standard InChI is InChI=1S/C25H22O7S/c1-15-11-20(22(25(28)29)13-19(15)24(26)27)21-12-18(9-10-23(21)32-14-16-7-8-16)33(30,31)17-5-3-2-4-6-17/h2-6,9-13,16H,7-8,14H2,1H3,(H,26,27)(H,28,29). The molecule has 0 spiro atoms. The first-order chi connectivity index (χ1) is 15.7. The largest absolute Gasteiger partial charge is 0.493 e. The van der Waals surface area contributed by atoms with E-state index in [4.69, 9.17) is 4.74 Å². The number of hydrogen-bond donors (Lipinski definition) is 2. The lowest BCUT2D eigenvalue weighted by Gasteiger charge is -2.17. The summed E-state index contributed by atoms with van der Waals surface area (Å²) in [5.74, 6) is -1.80. The Hall–Kier alpha value is -3.65. The van der Waals surface area contributed by atoms with Gasteiger partial charge in [-0.1, -0.05) is 18.2 Å². The molecule has 1 aliphatic carbocycles. The van der Waals surface area contributed by atoms with Gasteiger partial charge in [-0.25, -0.2) is 18.0 Å². The van der Waals surface area contributed by atoms with Crippen molar-refractivity contribution in [2.24, 2.45) is 5.92 Å². The van der Waals surface area contributed by atoms with Crippen molar-refractivity contribution in [2.45, 2.75) is 29.6 Å². The maximum Gasteiger partial charge on any atom is 0.336 e. The van der Waals surface area contributed by atoms with E-state index in [9.17, 15) is 28.2 Å². The molecule has 0 heterocycles. The minimum absolute atomic E-state index is 0.0150. The van der Waals surface area contributed by atoms with Crippen LogP contribution in [0.2, 0.25) is 0 Å². The molecule has 3 aromatic carbocycles. The van der Waals surface area contributed by atoms with Gasteiger partial charge in [-0.15, -0.1) is 0 Å². The average Bonchev–Trinajstić information content (AvgIpc) is 3.62. The van der Waals surface area contributed by atoms with Gasteiger partial charge in [0.1, 0.15) is 5.75 Å². The van der Waals surface area contributed by atoms with Gasteiger partial charge in [-0.05, 0) is 73.7 Å². The number of sulfone groups is 1. The summed E-state index contributed by atoms with van der Waals surface area (Å²) in [7, 11) is -3.87. The number of carboxylic acids is 2. The number of hydrogen-bond acceptors (Lipinski definition) is 5. The average molecular weight is 467 g/mol. The maximum absolute atomic E-state index is 13.2. The number of carboxylic acid groups (broad SMARTS) is 2. The summed E-state index contributed by atoms with van der Waals surface area (Å²) in [5, 5.41) is 19.2. The summed E-state index contributed by atoms with van der Waals surface area (Å²) in [6.45, 7) is 2.00. The molecule has 0 saturated heterocycles. The van der Waals surface area contributed by atoms with E-state index in [0.717, 1.165) is 18.9 Å². The van der Waals surface area contributed by atoms with Crippen molar-refractivity contribution in [3.63, 3.8) is 0 Å². The van der Waals surface area contributed by atoms with Gasteiger partial charge in [0, 0.05) is 11.1 Å². The summed E-state index contributed by atoms with van der Waals surface area (Å²) in [6.07, 6.45) is 2.09. The van der Waals surface area contributed by atoms with Gasteiger partial charge in [0.15, 0.2) is 0 Å². The molecule has 1 saturated carbocycles. The number of ether oxygens (including phenoxy) is 1. The molecule has 1 fully saturated rings. The van der Waals surface area contributed by atoms with E-state index in [1.807, 2.05) is 0 Å². The van der Waals surface area contributed by atoms with Crippen molar-refractivity contribution in [2.75, 3.05) is 6.61 Å². The zero-order chi connectivity index (χ0) is 23.8. The van der Waals surface area contributed by atoms with Crippen molar-refractivity contribution in [1.82, 2.24) is 0 Å². The van der Waals surface area contributed by atoms with E-state index in [1.54, 1.807) is 25.1 Å². The van der Waals surface area contributed by atoms with Crippen LogP contribution in [0.5, 0.6) is 5.75 Å². The van der Waals surface area contributed by atoms with Crippen molar-refractivity contribution in [3.8, 4) is 16.9 Å². The molecule has 0 bridgehead atoms. The van der Waals surface area contributed by atoms with Crippen LogP contribution >= 0.6 is 0 Å². The molecule has 8 heteroatoms. The van der Waals surface area contributed by atoms with E-state index in [-0.39, 0.29) is 32.0 Å². The molecule has 0 atom stereocenters. The Labute approximate surface area is 191 Å². The molecule has 0 unspecified atom stereocenters. The number of benzene rings is 3. The molecule has 2 N–H and O–H groups in total. The fourth-order valence-corrected chi connectivity index (χ4v) is 4.89. The monoisotopic (exact) mass is 466 g/mol. The van der Waals surface area contributed by atoms with Gasteiger partial charge in [0.25, 0.3) is 0 Å². The molecule has 0 aromatic heterocycles. The molecule has 0 radical (unpaired) electrons. The van der Waals surface area contributed by atoms with Gasteiger partial charge in [0.05, 0.1) is 27.5 Å². The Morgan fingerprint density at radius 3 is 2.15 bits per heavy atom. The van der Waals surface area contributed by atoms with Crippen molar-refractivity contribution >= 4 is 21.8 Å². The number of rotatable bonds is 8. The Morgan fingerprint density at radius 2 is 1.55 bits per heavy atom. The Kier molecular flexibility index (Phi) is 5.95. The van der Waals surface area contributed by atoms with Gasteiger partial charge in [0.2, 0.25) is 9.84 Å². The second kappa shape index (κ2) is 8.71. The first-order valence-corrected chi connectivity index (χ1v) is 11.9. The van der Waals surface area contributed by atoms with Crippen molar-refractivity contribution in [3.05, 3.63) is 77.4 Å². The fourth-order valence-electron chi connectivity index (χ4n) is 3.58. The highest BCUT2D eigenvalue weighted by Gasteiger charge is 2.26. The lowest BCUT2D eigenvalue weighted by atomic mass is 9.93. The van der Waals surface area contributed by atoms with E-state index < -0.39 is 21.8 Å². The Bertz CT molecular complexity index is 1340. The van der Waals surface area contributed by atoms with Crippen molar-refractivity contribution in [1.29, 1.82) is 0 Å². The van der Waals surface area contributed by atoms with Crippen LogP contribution in [0.15, 0.2) is 70.5 Å². The van der Waals surface area contributed by atoms with Crippen LogP contribution < -0.4 is 4.74 Å². The maximum atomic E-state index is 13.2. The third kappa shape index (κ3) is 4.61. The van der Waals surface area contributed by atoms with Crippen molar-refractivity contribution < 1.29 is 33.0 Å². The van der Waals surface area contributed by atoms with Crippen LogP contribution in [0.3, 0.4) is 0 Å². The van der Waals surface area contributed by atoms with E-state index in [1.165, 1.54) is 36.4 Å². The normalized spacial score (nSPS) is 13.5. The van der Waals surface area contributed by atoms with Crippen LogP contribution in [0.4, 0.5) is 0 Å². The molecule has 170 valence electrons. The van der Waals surface area contributed by atoms with Crippen LogP contribution in [-0.2, 0) is 9.84 Å². The molecule has 0 aliphatic heterocycles. The zero-order valence-electron chi connectivity index (χ0n) is 17.8. The lowest BCUT2D eigenvalue weighted by molar-refractivity contribution is 0.0695. The molecule has 0 amide bonds. The van der Waals surface area contributed by atoms with Gasteiger partial charge in [-0.3, -0.25) is 0 Å². The highest BCUT2D eigenvalue weighted by molar-refractivity contribution is 7.91. The summed E-state index contributed by atoms with van der Waals surface area (Å²) in [6, 6.07) is 14.8. The second-order valence-electron chi connectivity index (χ2n) is 8.05. The highest BCUT2D eigenvalue weighted by Crippen LogP contribution is 2.39. The van der Waals surface area contributed by atoms with Crippen LogP contribution in [-0.4, -0.2) is 37.2 Å². The van der Waals surface area contributed by atoms with Crippen LogP contribution in [0.25, 0.3) is 11.1 Å². The minimum Gasteiger partial charge on any atom is -0.493 e. The van der Waals surface area contributed by atoms with Gasteiger partial charge in [-0.2, -0.15) is 0 Å². The second-order valence-corrected chi connectivity index (χ2v) is 10.0. The first kappa shape index (κ1) is 22.5. The number of aryl methyl sites for hydroxylation is 1. The predicted molar refractivity (Wildman–Crippen MR) is 121 cm³/mol.